The van der Waals surface area contributed by atoms with Gasteiger partial charge in [-0.25, -0.2) is 4.39 Å². The lowest BCUT2D eigenvalue weighted by atomic mass is 9.95. The van der Waals surface area contributed by atoms with Gasteiger partial charge in [-0.1, -0.05) is 29.8 Å². The largest absolute Gasteiger partial charge is 0.330 e. The van der Waals surface area contributed by atoms with Crippen LogP contribution in [0.25, 0.3) is 0 Å². The lowest BCUT2D eigenvalue weighted by Gasteiger charge is -2.14. The van der Waals surface area contributed by atoms with E-state index in [1.165, 1.54) is 17.4 Å². The summed E-state index contributed by atoms with van der Waals surface area (Å²) < 4.78 is 14.4. The monoisotopic (exact) mass is 269 g/mol. The Morgan fingerprint density at radius 2 is 2.00 bits per heavy atom. The van der Waals surface area contributed by atoms with Crippen molar-refractivity contribution in [2.45, 2.75) is 12.3 Å². The average molecular weight is 270 g/mol. The minimum absolute atomic E-state index is 0.00548. The minimum atomic E-state index is -0.189. The summed E-state index contributed by atoms with van der Waals surface area (Å²) in [6.45, 7) is 0.427. The Kier molecular flexibility index (Phi) is 4.15. The average Bonchev–Trinajstić information content (AvgIpc) is 2.73. The molecular formula is C13H13ClFNS. The summed E-state index contributed by atoms with van der Waals surface area (Å²) >= 11 is 7.40. The van der Waals surface area contributed by atoms with E-state index in [1.54, 1.807) is 12.1 Å². The van der Waals surface area contributed by atoms with Crippen molar-refractivity contribution in [3.05, 3.63) is 57.0 Å². The summed E-state index contributed by atoms with van der Waals surface area (Å²) in [6.07, 6.45) is 0.731. The molecule has 0 bridgehead atoms. The van der Waals surface area contributed by atoms with Gasteiger partial charge in [0.05, 0.1) is 4.34 Å². The first kappa shape index (κ1) is 12.6. The van der Waals surface area contributed by atoms with E-state index < -0.39 is 0 Å². The summed E-state index contributed by atoms with van der Waals surface area (Å²) in [5, 5.41) is 0. The van der Waals surface area contributed by atoms with Crippen LogP contribution in [0.1, 0.15) is 16.4 Å². The van der Waals surface area contributed by atoms with E-state index in [9.17, 15) is 4.39 Å². The number of halogens is 2. The number of benzene rings is 1. The molecule has 1 unspecified atom stereocenters. The molecule has 0 aliphatic heterocycles. The van der Waals surface area contributed by atoms with Crippen LogP contribution in [0.5, 0.6) is 0 Å². The molecule has 1 aromatic heterocycles. The Balaban J connectivity index is 2.20. The SMILES string of the molecule is NCC(Cc1ccc(Cl)s1)c1ccccc1F. The molecule has 90 valence electrons. The molecule has 17 heavy (non-hydrogen) atoms. The molecule has 0 fully saturated rings. The first-order chi connectivity index (χ1) is 8.20. The lowest BCUT2D eigenvalue weighted by Crippen LogP contribution is -2.15. The second-order valence-corrected chi connectivity index (χ2v) is 5.66. The third-order valence-electron chi connectivity index (χ3n) is 2.71. The van der Waals surface area contributed by atoms with E-state index in [4.69, 9.17) is 17.3 Å². The van der Waals surface area contributed by atoms with Crippen molar-refractivity contribution < 1.29 is 4.39 Å². The van der Waals surface area contributed by atoms with Crippen molar-refractivity contribution >= 4 is 22.9 Å². The first-order valence-corrected chi connectivity index (χ1v) is 6.59. The standard InChI is InChI=1S/C13H13ClFNS/c14-13-6-5-10(17-13)7-9(8-16)11-3-1-2-4-12(11)15/h1-6,9H,7-8,16H2. The highest BCUT2D eigenvalue weighted by atomic mass is 35.5. The van der Waals surface area contributed by atoms with Crippen LogP contribution in [0.15, 0.2) is 36.4 Å². The Morgan fingerprint density at radius 1 is 1.24 bits per heavy atom. The van der Waals surface area contributed by atoms with Gasteiger partial charge in [-0.2, -0.15) is 0 Å². The second kappa shape index (κ2) is 5.63. The van der Waals surface area contributed by atoms with Crippen molar-refractivity contribution in [3.8, 4) is 0 Å². The van der Waals surface area contributed by atoms with Crippen molar-refractivity contribution in [3.63, 3.8) is 0 Å². The van der Waals surface area contributed by atoms with Crippen LogP contribution in [0, 0.1) is 5.82 Å². The fraction of sp³-hybridized carbons (Fsp3) is 0.231. The topological polar surface area (TPSA) is 26.0 Å². The molecule has 0 aliphatic rings. The molecule has 2 rings (SSSR count). The summed E-state index contributed by atoms with van der Waals surface area (Å²) in [6, 6.07) is 10.6. The summed E-state index contributed by atoms with van der Waals surface area (Å²) in [4.78, 5) is 1.13. The predicted octanol–water partition coefficient (Wildman–Crippen LogP) is 3.83. The third-order valence-corrected chi connectivity index (χ3v) is 3.96. The van der Waals surface area contributed by atoms with Crippen LogP contribution in [0.3, 0.4) is 0 Å². The Morgan fingerprint density at radius 3 is 2.59 bits per heavy atom. The molecule has 1 atom stereocenters. The molecule has 2 aromatic rings. The van der Waals surface area contributed by atoms with Crippen LogP contribution in [-0.4, -0.2) is 6.54 Å². The van der Waals surface area contributed by atoms with Gasteiger partial charge in [-0.15, -0.1) is 11.3 Å². The van der Waals surface area contributed by atoms with Crippen LogP contribution < -0.4 is 5.73 Å². The molecule has 1 heterocycles. The van der Waals surface area contributed by atoms with Crippen molar-refractivity contribution in [2.24, 2.45) is 5.73 Å². The van der Waals surface area contributed by atoms with Gasteiger partial charge in [-0.05, 0) is 36.7 Å². The van der Waals surface area contributed by atoms with Crippen LogP contribution >= 0.6 is 22.9 Å². The zero-order chi connectivity index (χ0) is 12.3. The van der Waals surface area contributed by atoms with Gasteiger partial charge in [0.1, 0.15) is 5.82 Å². The molecule has 2 N–H and O–H groups in total. The Labute approximate surface area is 109 Å². The second-order valence-electron chi connectivity index (χ2n) is 3.86. The van der Waals surface area contributed by atoms with Gasteiger partial charge in [0, 0.05) is 10.8 Å². The van der Waals surface area contributed by atoms with Crippen molar-refractivity contribution in [2.75, 3.05) is 6.54 Å². The smallest absolute Gasteiger partial charge is 0.126 e. The van der Waals surface area contributed by atoms with Crippen LogP contribution in [0.4, 0.5) is 4.39 Å². The maximum absolute atomic E-state index is 13.7. The van der Waals surface area contributed by atoms with Gasteiger partial charge < -0.3 is 5.73 Å². The normalized spacial score (nSPS) is 12.6. The summed E-state index contributed by atoms with van der Waals surface area (Å²) in [5.41, 5.74) is 6.41. The summed E-state index contributed by atoms with van der Waals surface area (Å²) in [7, 11) is 0. The highest BCUT2D eigenvalue weighted by Crippen LogP contribution is 2.28. The van der Waals surface area contributed by atoms with E-state index in [1.807, 2.05) is 18.2 Å². The van der Waals surface area contributed by atoms with E-state index >= 15 is 0 Å². The number of hydrogen-bond donors (Lipinski definition) is 1. The van der Waals surface area contributed by atoms with Gasteiger partial charge in [0.15, 0.2) is 0 Å². The number of rotatable bonds is 4. The zero-order valence-corrected chi connectivity index (χ0v) is 10.8. The fourth-order valence-corrected chi connectivity index (χ4v) is 3.00. The van der Waals surface area contributed by atoms with Gasteiger partial charge >= 0.3 is 0 Å². The molecule has 1 nitrogen and oxygen atoms in total. The lowest BCUT2D eigenvalue weighted by molar-refractivity contribution is 0.577. The maximum atomic E-state index is 13.7. The van der Waals surface area contributed by atoms with E-state index in [-0.39, 0.29) is 11.7 Å². The van der Waals surface area contributed by atoms with E-state index in [0.717, 1.165) is 15.6 Å². The van der Waals surface area contributed by atoms with Crippen LogP contribution in [-0.2, 0) is 6.42 Å². The molecule has 1 aromatic carbocycles. The van der Waals surface area contributed by atoms with Crippen molar-refractivity contribution in [1.82, 2.24) is 0 Å². The first-order valence-electron chi connectivity index (χ1n) is 5.39. The van der Waals surface area contributed by atoms with Crippen molar-refractivity contribution in [1.29, 1.82) is 0 Å². The molecule has 0 amide bonds. The molecule has 0 aliphatic carbocycles. The fourth-order valence-electron chi connectivity index (χ4n) is 1.83. The summed E-state index contributed by atoms with van der Waals surface area (Å²) in [5.74, 6) is -0.184. The highest BCUT2D eigenvalue weighted by Gasteiger charge is 2.15. The molecule has 4 heteroatoms. The molecule has 0 saturated heterocycles. The zero-order valence-electron chi connectivity index (χ0n) is 9.20. The highest BCUT2D eigenvalue weighted by molar-refractivity contribution is 7.16. The van der Waals surface area contributed by atoms with E-state index in [2.05, 4.69) is 0 Å². The predicted molar refractivity (Wildman–Crippen MR) is 71.2 cm³/mol. The Hall–Kier alpha value is -0.900. The van der Waals surface area contributed by atoms with Gasteiger partial charge in [0.2, 0.25) is 0 Å². The van der Waals surface area contributed by atoms with Gasteiger partial charge in [-0.3, -0.25) is 0 Å². The maximum Gasteiger partial charge on any atom is 0.126 e. The van der Waals surface area contributed by atoms with E-state index in [0.29, 0.717) is 12.1 Å². The molecular weight excluding hydrogens is 257 g/mol. The Bertz CT molecular complexity index is 498. The van der Waals surface area contributed by atoms with Crippen LogP contribution in [0.2, 0.25) is 4.34 Å². The third kappa shape index (κ3) is 3.06. The molecule has 0 radical (unpaired) electrons. The molecule has 0 spiro atoms. The molecule has 0 saturated carbocycles. The van der Waals surface area contributed by atoms with Gasteiger partial charge in [0.25, 0.3) is 0 Å². The number of hydrogen-bond acceptors (Lipinski definition) is 2. The number of thiophene rings is 1. The minimum Gasteiger partial charge on any atom is -0.330 e. The quantitative estimate of drug-likeness (QED) is 0.897. The number of nitrogens with two attached hydrogens (primary N) is 1.